The molecule has 33 heavy (non-hydrogen) atoms. The van der Waals surface area contributed by atoms with E-state index in [0.717, 1.165) is 38.5 Å². The average Bonchev–Trinajstić information content (AvgIpc) is 3.18. The van der Waals surface area contributed by atoms with Crippen LogP contribution in [0.5, 0.6) is 0 Å². The van der Waals surface area contributed by atoms with Crippen molar-refractivity contribution in [2.45, 2.75) is 102 Å². The first-order valence-electron chi connectivity index (χ1n) is 11.9. The number of likely N-dealkylation sites (tertiary alicyclic amines) is 1. The normalized spacial score (nSPS) is 25.5. The Morgan fingerprint density at radius 1 is 1.24 bits per heavy atom. The van der Waals surface area contributed by atoms with Gasteiger partial charge in [0.2, 0.25) is 12.3 Å². The first-order valence-corrected chi connectivity index (χ1v) is 11.9. The molecule has 0 aromatic rings. The number of hydrogen-bond donors (Lipinski definition) is 3. The Balaban J connectivity index is 1.66. The molecular weight excluding hydrogens is 426 g/mol. The zero-order chi connectivity index (χ0) is 24.6. The summed E-state index contributed by atoms with van der Waals surface area (Å²) in [7, 11) is 0. The molecule has 1 aliphatic carbocycles. The molecule has 0 radical (unpaired) electrons. The van der Waals surface area contributed by atoms with Gasteiger partial charge in [-0.15, -0.1) is 0 Å². The molecule has 0 aromatic heterocycles. The quantitative estimate of drug-likeness (QED) is 0.231. The van der Waals surface area contributed by atoms with Crippen LogP contribution < -0.4 is 10.6 Å². The number of carbonyl (C=O) groups is 4. The minimum atomic E-state index is -1.26. The van der Waals surface area contributed by atoms with Gasteiger partial charge < -0.3 is 25.4 Å². The third-order valence-electron chi connectivity index (χ3n) is 6.11. The number of carbonyl (C=O) groups excluding carboxylic acids is 3. The summed E-state index contributed by atoms with van der Waals surface area (Å²) < 4.78 is 5.25. The number of alkyl carbamates (subject to hydrolysis) is 1. The molecule has 0 spiro atoms. The number of carboxylic acid groups (broad SMARTS) is 1. The number of rotatable bonds is 12. The van der Waals surface area contributed by atoms with E-state index in [1.54, 1.807) is 0 Å². The van der Waals surface area contributed by atoms with E-state index in [4.69, 9.17) is 4.74 Å². The molecular formula is C24H39N3O6. The van der Waals surface area contributed by atoms with Crippen LogP contribution in [0.3, 0.4) is 0 Å². The van der Waals surface area contributed by atoms with Crippen LogP contribution in [0.2, 0.25) is 0 Å². The van der Waals surface area contributed by atoms with E-state index in [9.17, 15) is 24.3 Å². The summed E-state index contributed by atoms with van der Waals surface area (Å²) in [6.07, 6.45) is 10.4. The standard InChI is InChI=1S/C24H39N3O6/c1-17(25-22(32)33-23(2,3)4)11-8-6-5-7-9-12-18-15-24(18,21(30)31)26-20(29)19-13-10-14-27(19)16-28/h9,12,16-19H,5-8,10-11,13-15H2,1-4H3,(H,25,32)(H,26,29)(H,30,31)/b12-9-/t17-,18-,19+,24-/m1/s1. The predicted molar refractivity (Wildman–Crippen MR) is 123 cm³/mol. The van der Waals surface area contributed by atoms with Crippen LogP contribution in [-0.2, 0) is 19.1 Å². The smallest absolute Gasteiger partial charge is 0.407 e. The number of allylic oxidation sites excluding steroid dienone is 1. The van der Waals surface area contributed by atoms with Crippen molar-refractivity contribution in [2.24, 2.45) is 5.92 Å². The van der Waals surface area contributed by atoms with Crippen molar-refractivity contribution < 1.29 is 29.0 Å². The zero-order valence-electron chi connectivity index (χ0n) is 20.3. The van der Waals surface area contributed by atoms with Crippen molar-refractivity contribution in [1.82, 2.24) is 15.5 Å². The third-order valence-corrected chi connectivity index (χ3v) is 6.11. The molecule has 1 saturated heterocycles. The molecule has 3 amide bonds. The number of hydrogen-bond acceptors (Lipinski definition) is 5. The lowest BCUT2D eigenvalue weighted by atomic mass is 10.1. The summed E-state index contributed by atoms with van der Waals surface area (Å²) >= 11 is 0. The molecule has 0 aromatic carbocycles. The van der Waals surface area contributed by atoms with Crippen molar-refractivity contribution in [3.8, 4) is 0 Å². The first-order chi connectivity index (χ1) is 15.5. The topological polar surface area (TPSA) is 125 Å². The molecule has 1 heterocycles. The molecule has 3 N–H and O–H groups in total. The summed E-state index contributed by atoms with van der Waals surface area (Å²) in [5.74, 6) is -1.65. The summed E-state index contributed by atoms with van der Waals surface area (Å²) in [4.78, 5) is 48.6. The van der Waals surface area contributed by atoms with E-state index in [-0.39, 0.29) is 17.9 Å². The number of nitrogens with zero attached hydrogens (tertiary/aromatic N) is 1. The molecule has 4 atom stereocenters. The van der Waals surface area contributed by atoms with Gasteiger partial charge in [-0.3, -0.25) is 9.59 Å². The van der Waals surface area contributed by atoms with E-state index in [0.29, 0.717) is 25.8 Å². The third kappa shape index (κ3) is 8.05. The molecule has 1 saturated carbocycles. The Kier molecular flexibility index (Phi) is 9.31. The fraction of sp³-hybridized carbons (Fsp3) is 0.750. The number of ether oxygens (including phenoxy) is 1. The Labute approximate surface area is 196 Å². The monoisotopic (exact) mass is 465 g/mol. The SMILES string of the molecule is C[C@H](CCCCC/C=C\[C@@H]1C[C@]1(NC(=O)[C@@H]1CCCN1C=O)C(=O)O)NC(=O)OC(C)(C)C. The van der Waals surface area contributed by atoms with Crippen molar-refractivity contribution in [3.63, 3.8) is 0 Å². The fourth-order valence-electron chi connectivity index (χ4n) is 4.19. The van der Waals surface area contributed by atoms with Gasteiger partial charge in [-0.1, -0.05) is 25.0 Å². The lowest BCUT2D eigenvalue weighted by Crippen LogP contribution is -2.51. The van der Waals surface area contributed by atoms with Gasteiger partial charge in [-0.05, 0) is 66.2 Å². The second-order valence-electron chi connectivity index (χ2n) is 10.2. The molecule has 9 heteroatoms. The summed E-state index contributed by atoms with van der Waals surface area (Å²) in [6.45, 7) is 7.98. The van der Waals surface area contributed by atoms with Crippen molar-refractivity contribution >= 4 is 24.4 Å². The Bertz CT molecular complexity index is 747. The molecule has 9 nitrogen and oxygen atoms in total. The Morgan fingerprint density at radius 2 is 1.97 bits per heavy atom. The molecule has 0 bridgehead atoms. The van der Waals surface area contributed by atoms with Gasteiger partial charge in [-0.2, -0.15) is 0 Å². The predicted octanol–water partition coefficient (Wildman–Crippen LogP) is 2.99. The van der Waals surface area contributed by atoms with Crippen LogP contribution in [-0.4, -0.2) is 64.2 Å². The molecule has 1 aliphatic heterocycles. The first kappa shape index (κ1) is 26.7. The number of aliphatic carboxylic acids is 1. The van der Waals surface area contributed by atoms with Crippen molar-refractivity contribution in [3.05, 3.63) is 12.2 Å². The maximum absolute atomic E-state index is 12.5. The molecule has 186 valence electrons. The highest BCUT2D eigenvalue weighted by molar-refractivity contribution is 5.93. The second kappa shape index (κ2) is 11.5. The Morgan fingerprint density at radius 3 is 2.61 bits per heavy atom. The van der Waals surface area contributed by atoms with Crippen LogP contribution in [0, 0.1) is 5.92 Å². The van der Waals surface area contributed by atoms with E-state index >= 15 is 0 Å². The second-order valence-corrected chi connectivity index (χ2v) is 10.2. The maximum atomic E-state index is 12.5. The zero-order valence-corrected chi connectivity index (χ0v) is 20.3. The van der Waals surface area contributed by atoms with Crippen LogP contribution >= 0.6 is 0 Å². The van der Waals surface area contributed by atoms with Crippen molar-refractivity contribution in [2.75, 3.05) is 6.54 Å². The number of unbranched alkanes of at least 4 members (excludes halogenated alkanes) is 3. The number of nitrogens with one attached hydrogen (secondary N) is 2. The highest BCUT2D eigenvalue weighted by atomic mass is 16.6. The molecule has 2 aliphatic rings. The van der Waals surface area contributed by atoms with Gasteiger partial charge in [0.05, 0.1) is 0 Å². The minimum absolute atomic E-state index is 0.0386. The maximum Gasteiger partial charge on any atom is 0.407 e. The number of carboxylic acids is 1. The minimum Gasteiger partial charge on any atom is -0.479 e. The van der Waals surface area contributed by atoms with Gasteiger partial charge in [0.25, 0.3) is 0 Å². The molecule has 2 rings (SSSR count). The summed E-state index contributed by atoms with van der Waals surface area (Å²) in [5.41, 5.74) is -1.77. The Hall–Kier alpha value is -2.58. The van der Waals surface area contributed by atoms with Crippen LogP contribution in [0.15, 0.2) is 12.2 Å². The van der Waals surface area contributed by atoms with E-state index in [2.05, 4.69) is 10.6 Å². The molecule has 0 unspecified atom stereocenters. The lowest BCUT2D eigenvalue weighted by molar-refractivity contribution is -0.144. The van der Waals surface area contributed by atoms with Crippen LogP contribution in [0.25, 0.3) is 0 Å². The van der Waals surface area contributed by atoms with Gasteiger partial charge in [0.1, 0.15) is 17.2 Å². The van der Waals surface area contributed by atoms with E-state index in [1.807, 2.05) is 39.8 Å². The summed E-state index contributed by atoms with van der Waals surface area (Å²) in [6, 6.07) is -0.534. The lowest BCUT2D eigenvalue weighted by Gasteiger charge is -2.22. The highest BCUT2D eigenvalue weighted by Gasteiger charge is 2.61. The largest absolute Gasteiger partial charge is 0.479 e. The van der Waals surface area contributed by atoms with Crippen LogP contribution in [0.1, 0.15) is 79.1 Å². The van der Waals surface area contributed by atoms with Gasteiger partial charge in [0.15, 0.2) is 0 Å². The highest BCUT2D eigenvalue weighted by Crippen LogP contribution is 2.45. The average molecular weight is 466 g/mol. The summed E-state index contributed by atoms with van der Waals surface area (Å²) in [5, 5.41) is 15.2. The molecule has 2 fully saturated rings. The van der Waals surface area contributed by atoms with E-state index in [1.165, 1.54) is 4.90 Å². The fourth-order valence-corrected chi connectivity index (χ4v) is 4.19. The van der Waals surface area contributed by atoms with Gasteiger partial charge in [0, 0.05) is 18.5 Å². The van der Waals surface area contributed by atoms with E-state index < -0.39 is 29.2 Å². The van der Waals surface area contributed by atoms with Crippen molar-refractivity contribution in [1.29, 1.82) is 0 Å². The van der Waals surface area contributed by atoms with Gasteiger partial charge >= 0.3 is 12.1 Å². The van der Waals surface area contributed by atoms with Crippen LogP contribution in [0.4, 0.5) is 4.79 Å². The number of amides is 3. The van der Waals surface area contributed by atoms with Gasteiger partial charge in [-0.25, -0.2) is 9.59 Å².